The molecule has 0 aromatic rings. The number of hydrogen-bond donors (Lipinski definition) is 0. The summed E-state index contributed by atoms with van der Waals surface area (Å²) in [5, 5.41) is 7.58. The summed E-state index contributed by atoms with van der Waals surface area (Å²) in [5.74, 6) is 0. The van der Waals surface area contributed by atoms with E-state index in [2.05, 4.69) is 22.6 Å². The Morgan fingerprint density at radius 1 is 0.692 bits per heavy atom. The van der Waals surface area contributed by atoms with Gasteiger partial charge in [0.25, 0.3) is 0 Å². The average Bonchev–Trinajstić information content (AvgIpc) is 1.76. The molecule has 0 N–H and O–H groups in total. The van der Waals surface area contributed by atoms with Gasteiger partial charge in [-0.25, -0.2) is 0 Å². The van der Waals surface area contributed by atoms with Crippen molar-refractivity contribution in [2.24, 2.45) is 21.0 Å². The quantitative estimate of drug-likeness (QED) is 0.391. The monoisotopic (exact) mass is 255 g/mol. The topological polar surface area (TPSA) is 24.7 Å². The molecule has 0 rings (SSSR count). The van der Waals surface area contributed by atoms with Crippen molar-refractivity contribution in [2.75, 3.05) is 0 Å². The smallest absolute Gasteiger partial charge is 0 e. The van der Waals surface area contributed by atoms with E-state index in [0.29, 0.717) is 0 Å². The Morgan fingerprint density at radius 3 is 1.08 bits per heavy atom. The molecule has 1 radical (unpaired) electrons. The molecule has 0 aliphatic rings. The van der Waals surface area contributed by atoms with Crippen LogP contribution in [0, 0.1) is 10.8 Å². The first kappa shape index (κ1) is 15.9. The van der Waals surface area contributed by atoms with Gasteiger partial charge in [-0.3, -0.25) is 0 Å². The molecule has 0 fully saturated rings. The van der Waals surface area contributed by atoms with E-state index in [-0.39, 0.29) is 43.5 Å². The molecule has 13 heavy (non-hydrogen) atoms. The second-order valence-electron chi connectivity index (χ2n) is 4.92. The molecule has 0 saturated carbocycles. The first-order chi connectivity index (χ1) is 5.21. The number of rotatable bonds is 1. The molecule has 3 heteroatoms. The van der Waals surface area contributed by atoms with Crippen LogP contribution in [0.3, 0.4) is 0 Å². The van der Waals surface area contributed by atoms with E-state index in [1.165, 1.54) is 0 Å². The molecule has 0 aliphatic carbocycles. The second-order valence-corrected chi connectivity index (χ2v) is 4.92. The van der Waals surface area contributed by atoms with Crippen LogP contribution in [-0.2, 0) is 32.7 Å². The van der Waals surface area contributed by atoms with E-state index in [0.717, 1.165) is 0 Å². The van der Waals surface area contributed by atoms with Crippen molar-refractivity contribution in [2.45, 2.75) is 41.5 Å². The fourth-order valence-corrected chi connectivity index (χ4v) is 0.350. The van der Waals surface area contributed by atoms with E-state index in [4.69, 9.17) is 0 Å². The minimum atomic E-state index is -0.0247. The van der Waals surface area contributed by atoms with Crippen LogP contribution in [0.5, 0.6) is 0 Å². The van der Waals surface area contributed by atoms with Crippen molar-refractivity contribution in [3.8, 4) is 0 Å². The van der Waals surface area contributed by atoms with Crippen molar-refractivity contribution in [1.29, 1.82) is 0 Å². The molecule has 0 unspecified atom stereocenters. The molecule has 0 amide bonds. The van der Waals surface area contributed by atoms with Crippen molar-refractivity contribution in [3.63, 3.8) is 0 Å². The Morgan fingerprint density at radius 2 is 0.923 bits per heavy atom. The predicted molar refractivity (Wildman–Crippen MR) is 53.8 cm³/mol. The third-order valence-corrected chi connectivity index (χ3v) is 0.821. The first-order valence-corrected chi connectivity index (χ1v) is 4.15. The van der Waals surface area contributed by atoms with Gasteiger partial charge >= 0.3 is 0 Å². The Bertz CT molecular complexity index is 160. The first-order valence-electron chi connectivity index (χ1n) is 4.15. The minimum absolute atomic E-state index is 0. The van der Waals surface area contributed by atoms with Crippen LogP contribution in [0.25, 0.3) is 0 Å². The summed E-state index contributed by atoms with van der Waals surface area (Å²) in [6.45, 7) is 12.2. The predicted octanol–water partition coefficient (Wildman–Crippen LogP) is 2.89. The average molecular weight is 255 g/mol. The van der Waals surface area contributed by atoms with Gasteiger partial charge in [0.05, 0.1) is 0 Å². The standard InChI is InChI=1S/C10H18N2.Y/c1-9(2,3)7-11-12-8-10(4,5)6;/h1-6H3;/q-2;. The summed E-state index contributed by atoms with van der Waals surface area (Å²) in [6.07, 6.45) is 5.78. The van der Waals surface area contributed by atoms with Crippen LogP contribution >= 0.6 is 0 Å². The Hall–Kier alpha value is 0.444. The largest absolute Gasteiger partial charge is 0.413 e. The zero-order valence-electron chi connectivity index (χ0n) is 9.47. The Kier molecular flexibility index (Phi) is 7.37. The van der Waals surface area contributed by atoms with E-state index in [1.54, 1.807) is 0 Å². The summed E-state index contributed by atoms with van der Waals surface area (Å²) < 4.78 is 0. The van der Waals surface area contributed by atoms with Gasteiger partial charge in [-0.15, -0.1) is 0 Å². The molecule has 73 valence electrons. The fourth-order valence-electron chi connectivity index (χ4n) is 0.350. The van der Waals surface area contributed by atoms with Crippen molar-refractivity contribution in [3.05, 3.63) is 0 Å². The molecule has 0 aliphatic heterocycles. The molecule has 0 heterocycles. The third kappa shape index (κ3) is 15.2. The summed E-state index contributed by atoms with van der Waals surface area (Å²) in [7, 11) is 0. The van der Waals surface area contributed by atoms with E-state index in [9.17, 15) is 0 Å². The third-order valence-electron chi connectivity index (χ3n) is 0.821. The van der Waals surface area contributed by atoms with Gasteiger partial charge in [0.15, 0.2) is 0 Å². The molecule has 0 aromatic heterocycles. The maximum Gasteiger partial charge on any atom is 0 e. The van der Waals surface area contributed by atoms with Gasteiger partial charge in [-0.1, -0.05) is 41.5 Å². The maximum absolute atomic E-state index is 3.79. The molecular weight excluding hydrogens is 237 g/mol. The fraction of sp³-hybridized carbons (Fsp3) is 0.800. The molecule has 2 nitrogen and oxygen atoms in total. The molecule has 0 saturated heterocycles. The molecule has 0 atom stereocenters. The molecule has 0 bridgehead atoms. The van der Waals surface area contributed by atoms with Gasteiger partial charge in [-0.2, -0.15) is 10.8 Å². The van der Waals surface area contributed by atoms with Crippen LogP contribution in [0.2, 0.25) is 0 Å². The van der Waals surface area contributed by atoms with Gasteiger partial charge in [0.2, 0.25) is 0 Å². The number of nitrogens with zero attached hydrogens (tertiary/aromatic N) is 2. The Balaban J connectivity index is 0. The van der Waals surface area contributed by atoms with Crippen LogP contribution in [-0.4, -0.2) is 12.4 Å². The second kappa shape index (κ2) is 6.03. The summed E-state index contributed by atoms with van der Waals surface area (Å²) in [5.41, 5.74) is -0.0495. The van der Waals surface area contributed by atoms with Crippen molar-refractivity contribution >= 4 is 12.4 Å². The SMILES string of the molecule is CC(C)(C)[C-]=NN=[C-]C(C)(C)C.[Y]. The van der Waals surface area contributed by atoms with E-state index >= 15 is 0 Å². The minimum Gasteiger partial charge on any atom is -0.413 e. The zero-order valence-corrected chi connectivity index (χ0v) is 12.3. The Labute approximate surface area is 107 Å². The van der Waals surface area contributed by atoms with Crippen molar-refractivity contribution in [1.82, 2.24) is 0 Å². The number of hydrogen-bond acceptors (Lipinski definition) is 2. The normalized spacial score (nSPS) is 13.7. The molecule has 0 aromatic carbocycles. The van der Waals surface area contributed by atoms with Crippen LogP contribution in [0.4, 0.5) is 0 Å². The summed E-state index contributed by atoms with van der Waals surface area (Å²) in [6, 6.07) is 0. The van der Waals surface area contributed by atoms with Gasteiger partial charge in [-0.05, 0) is 0 Å². The summed E-state index contributed by atoms with van der Waals surface area (Å²) >= 11 is 0. The summed E-state index contributed by atoms with van der Waals surface area (Å²) in [4.78, 5) is 0. The molecular formula is C10H18N2Y-2. The van der Waals surface area contributed by atoms with Crippen molar-refractivity contribution < 1.29 is 32.7 Å². The molecule has 0 spiro atoms. The van der Waals surface area contributed by atoms with Crippen LogP contribution in [0.1, 0.15) is 41.5 Å². The van der Waals surface area contributed by atoms with E-state index < -0.39 is 0 Å². The van der Waals surface area contributed by atoms with Gasteiger partial charge in [0.1, 0.15) is 0 Å². The van der Waals surface area contributed by atoms with Gasteiger partial charge in [0, 0.05) is 32.7 Å². The van der Waals surface area contributed by atoms with Crippen LogP contribution < -0.4 is 0 Å². The zero-order chi connectivity index (χ0) is 9.83. The van der Waals surface area contributed by atoms with E-state index in [1.807, 2.05) is 41.5 Å². The van der Waals surface area contributed by atoms with Crippen LogP contribution in [0.15, 0.2) is 10.2 Å². The van der Waals surface area contributed by atoms with Gasteiger partial charge < -0.3 is 22.6 Å². The maximum atomic E-state index is 3.79.